The van der Waals surface area contributed by atoms with E-state index in [4.69, 9.17) is 0 Å². The highest BCUT2D eigenvalue weighted by Crippen LogP contribution is 2.28. The second-order valence-electron chi connectivity index (χ2n) is 4.66. The highest BCUT2D eigenvalue weighted by Gasteiger charge is 2.24. The zero-order valence-electron chi connectivity index (χ0n) is 9.65. The highest BCUT2D eigenvalue weighted by atomic mass is 16.3. The van der Waals surface area contributed by atoms with E-state index in [1.54, 1.807) is 6.20 Å². The summed E-state index contributed by atoms with van der Waals surface area (Å²) in [5, 5.41) is 19.9. The van der Waals surface area contributed by atoms with Crippen LogP contribution in [0.2, 0.25) is 0 Å². The van der Waals surface area contributed by atoms with E-state index in [1.165, 1.54) is 12.8 Å². The number of hydrogen-bond acceptors (Lipinski definition) is 3. The summed E-state index contributed by atoms with van der Waals surface area (Å²) in [5.41, 5.74) is 1.13. The largest absolute Gasteiger partial charge is 0.393 e. The van der Waals surface area contributed by atoms with Crippen LogP contribution in [0.25, 0.3) is 0 Å². The zero-order valence-corrected chi connectivity index (χ0v) is 9.65. The molecule has 1 fully saturated rings. The SMILES string of the molecule is OC1CCCC1CCCNCc1ccn[nH]1. The Bertz CT molecular complexity index is 286. The van der Waals surface area contributed by atoms with Crippen LogP contribution in [0.3, 0.4) is 0 Å². The fourth-order valence-corrected chi connectivity index (χ4v) is 2.45. The lowest BCUT2D eigenvalue weighted by atomic mass is 10.00. The van der Waals surface area contributed by atoms with Crippen LogP contribution >= 0.6 is 0 Å². The number of H-pyrrole nitrogens is 1. The first kappa shape index (κ1) is 11.6. The lowest BCUT2D eigenvalue weighted by Gasteiger charge is -2.13. The van der Waals surface area contributed by atoms with E-state index in [0.717, 1.165) is 38.0 Å². The summed E-state index contributed by atoms with van der Waals surface area (Å²) in [5.74, 6) is 0.550. The van der Waals surface area contributed by atoms with E-state index < -0.39 is 0 Å². The Morgan fingerprint density at radius 3 is 3.12 bits per heavy atom. The van der Waals surface area contributed by atoms with Crippen molar-refractivity contribution in [1.82, 2.24) is 15.5 Å². The molecule has 0 saturated heterocycles. The van der Waals surface area contributed by atoms with E-state index >= 15 is 0 Å². The van der Waals surface area contributed by atoms with E-state index in [2.05, 4.69) is 15.5 Å². The predicted molar refractivity (Wildman–Crippen MR) is 62.9 cm³/mol. The van der Waals surface area contributed by atoms with Crippen LogP contribution in [0.5, 0.6) is 0 Å². The molecule has 0 bridgehead atoms. The fraction of sp³-hybridized carbons (Fsp3) is 0.750. The Hall–Kier alpha value is -0.870. The molecule has 0 aliphatic heterocycles. The van der Waals surface area contributed by atoms with Gasteiger partial charge >= 0.3 is 0 Å². The predicted octanol–water partition coefficient (Wildman–Crippen LogP) is 1.44. The maximum absolute atomic E-state index is 9.66. The minimum absolute atomic E-state index is 0.0346. The molecule has 0 aromatic carbocycles. The minimum atomic E-state index is -0.0346. The zero-order chi connectivity index (χ0) is 11.2. The van der Waals surface area contributed by atoms with Gasteiger partial charge in [-0.05, 0) is 44.2 Å². The van der Waals surface area contributed by atoms with Crippen molar-refractivity contribution < 1.29 is 5.11 Å². The van der Waals surface area contributed by atoms with Gasteiger partial charge in [-0.2, -0.15) is 5.10 Å². The molecule has 2 atom stereocenters. The average Bonchev–Trinajstić information content (AvgIpc) is 2.90. The molecule has 1 aromatic rings. The Balaban J connectivity index is 1.52. The first-order valence-corrected chi connectivity index (χ1v) is 6.23. The monoisotopic (exact) mass is 223 g/mol. The van der Waals surface area contributed by atoms with E-state index in [9.17, 15) is 5.11 Å². The Labute approximate surface area is 96.5 Å². The first-order valence-electron chi connectivity index (χ1n) is 6.23. The van der Waals surface area contributed by atoms with Crippen molar-refractivity contribution in [2.75, 3.05) is 6.54 Å². The van der Waals surface area contributed by atoms with Gasteiger partial charge < -0.3 is 10.4 Å². The van der Waals surface area contributed by atoms with Crippen molar-refractivity contribution >= 4 is 0 Å². The number of nitrogens with one attached hydrogen (secondary N) is 2. The number of aliphatic hydroxyl groups is 1. The number of aromatic nitrogens is 2. The summed E-state index contributed by atoms with van der Waals surface area (Å²) >= 11 is 0. The van der Waals surface area contributed by atoms with Gasteiger partial charge in [-0.15, -0.1) is 0 Å². The molecular formula is C12H21N3O. The Morgan fingerprint density at radius 1 is 1.50 bits per heavy atom. The van der Waals surface area contributed by atoms with Crippen LogP contribution in [0.4, 0.5) is 0 Å². The third kappa shape index (κ3) is 3.32. The summed E-state index contributed by atoms with van der Waals surface area (Å²) in [6.45, 7) is 1.87. The minimum Gasteiger partial charge on any atom is -0.393 e. The lowest BCUT2D eigenvalue weighted by Crippen LogP contribution is -2.18. The van der Waals surface area contributed by atoms with E-state index in [1.807, 2.05) is 6.07 Å². The molecule has 1 aliphatic rings. The number of aliphatic hydroxyl groups excluding tert-OH is 1. The van der Waals surface area contributed by atoms with Crippen molar-refractivity contribution in [1.29, 1.82) is 0 Å². The van der Waals surface area contributed by atoms with Crippen molar-refractivity contribution in [3.63, 3.8) is 0 Å². The van der Waals surface area contributed by atoms with Crippen LogP contribution in [0.1, 0.15) is 37.8 Å². The van der Waals surface area contributed by atoms with Gasteiger partial charge in [-0.3, -0.25) is 5.10 Å². The molecule has 1 saturated carbocycles. The molecule has 16 heavy (non-hydrogen) atoms. The van der Waals surface area contributed by atoms with Crippen molar-refractivity contribution in [3.8, 4) is 0 Å². The van der Waals surface area contributed by atoms with Gasteiger partial charge in [-0.1, -0.05) is 6.42 Å². The van der Waals surface area contributed by atoms with Crippen molar-refractivity contribution in [3.05, 3.63) is 18.0 Å². The van der Waals surface area contributed by atoms with Gasteiger partial charge in [0, 0.05) is 18.4 Å². The molecule has 0 spiro atoms. The van der Waals surface area contributed by atoms with Crippen molar-refractivity contribution in [2.24, 2.45) is 5.92 Å². The molecule has 0 radical (unpaired) electrons. The maximum Gasteiger partial charge on any atom is 0.0568 e. The molecule has 90 valence electrons. The lowest BCUT2D eigenvalue weighted by molar-refractivity contribution is 0.127. The molecule has 2 unspecified atom stereocenters. The quantitative estimate of drug-likeness (QED) is 0.640. The van der Waals surface area contributed by atoms with Crippen molar-refractivity contribution in [2.45, 2.75) is 44.8 Å². The van der Waals surface area contributed by atoms with Gasteiger partial charge in [0.2, 0.25) is 0 Å². The normalized spacial score (nSPS) is 25.1. The molecule has 4 nitrogen and oxygen atoms in total. The molecule has 1 aliphatic carbocycles. The third-order valence-electron chi connectivity index (χ3n) is 3.42. The molecule has 1 heterocycles. The fourth-order valence-electron chi connectivity index (χ4n) is 2.45. The molecule has 3 N–H and O–H groups in total. The van der Waals surface area contributed by atoms with Gasteiger partial charge in [-0.25, -0.2) is 0 Å². The first-order chi connectivity index (χ1) is 7.86. The third-order valence-corrected chi connectivity index (χ3v) is 3.42. The number of hydrogen-bond donors (Lipinski definition) is 3. The molecule has 2 rings (SSSR count). The molecular weight excluding hydrogens is 202 g/mol. The molecule has 1 aromatic heterocycles. The summed E-state index contributed by atoms with van der Waals surface area (Å²) < 4.78 is 0. The maximum atomic E-state index is 9.66. The van der Waals surface area contributed by atoms with E-state index in [-0.39, 0.29) is 6.10 Å². The van der Waals surface area contributed by atoms with Crippen LogP contribution in [0, 0.1) is 5.92 Å². The van der Waals surface area contributed by atoms with Crippen LogP contribution < -0.4 is 5.32 Å². The highest BCUT2D eigenvalue weighted by molar-refractivity contribution is 4.96. The number of nitrogens with zero attached hydrogens (tertiary/aromatic N) is 1. The smallest absolute Gasteiger partial charge is 0.0568 e. The topological polar surface area (TPSA) is 60.9 Å². The van der Waals surface area contributed by atoms with Gasteiger partial charge in [0.05, 0.1) is 6.10 Å². The summed E-state index contributed by atoms with van der Waals surface area (Å²) in [7, 11) is 0. The Kier molecular flexibility index (Phi) is 4.36. The standard InChI is InChI=1S/C12H21N3O/c16-12-5-1-3-10(12)4-2-7-13-9-11-6-8-14-15-11/h6,8,10,12-13,16H,1-5,7,9H2,(H,14,15). The summed E-state index contributed by atoms with van der Waals surface area (Å²) in [6, 6.07) is 1.98. The van der Waals surface area contributed by atoms with Crippen LogP contribution in [0.15, 0.2) is 12.3 Å². The van der Waals surface area contributed by atoms with Gasteiger partial charge in [0.15, 0.2) is 0 Å². The van der Waals surface area contributed by atoms with Gasteiger partial charge in [0.25, 0.3) is 0 Å². The summed E-state index contributed by atoms with van der Waals surface area (Å²) in [4.78, 5) is 0. The molecule has 4 heteroatoms. The number of aromatic amines is 1. The van der Waals surface area contributed by atoms with E-state index in [0.29, 0.717) is 5.92 Å². The summed E-state index contributed by atoms with van der Waals surface area (Å²) in [6.07, 6.45) is 7.45. The second-order valence-corrected chi connectivity index (χ2v) is 4.66. The number of rotatable bonds is 6. The van der Waals surface area contributed by atoms with Crippen LogP contribution in [-0.4, -0.2) is 28.0 Å². The average molecular weight is 223 g/mol. The Morgan fingerprint density at radius 2 is 2.44 bits per heavy atom. The van der Waals surface area contributed by atoms with Gasteiger partial charge in [0.1, 0.15) is 0 Å². The van der Waals surface area contributed by atoms with Crippen LogP contribution in [-0.2, 0) is 6.54 Å². The second kappa shape index (κ2) is 6.01. The molecule has 0 amide bonds.